The van der Waals surface area contributed by atoms with Crippen LogP contribution in [0.15, 0.2) is 26.0 Å². The largest absolute Gasteiger partial charge is 0.480 e. The van der Waals surface area contributed by atoms with Gasteiger partial charge in [0, 0.05) is 8.95 Å². The molecule has 0 unspecified atom stereocenters. The van der Waals surface area contributed by atoms with E-state index in [1.165, 1.54) is 6.07 Å². The maximum absolute atomic E-state index is 12.5. The van der Waals surface area contributed by atoms with Gasteiger partial charge in [-0.05, 0) is 53.4 Å². The van der Waals surface area contributed by atoms with Gasteiger partial charge < -0.3 is 5.11 Å². The topological polar surface area (TPSA) is 83.5 Å². The third-order valence-corrected chi connectivity index (χ3v) is 6.80. The minimum absolute atomic E-state index is 0.00694. The summed E-state index contributed by atoms with van der Waals surface area (Å²) in [6.07, 6.45) is 0.311. The number of rotatable bonds is 6. The van der Waals surface area contributed by atoms with Crippen LogP contribution in [-0.4, -0.2) is 25.0 Å². The van der Waals surface area contributed by atoms with Gasteiger partial charge in [0.15, 0.2) is 0 Å². The summed E-state index contributed by atoms with van der Waals surface area (Å²) in [5, 5.41) is 9.35. The first-order chi connectivity index (χ1) is 9.59. The molecule has 0 saturated carbocycles. The first-order valence-corrected chi connectivity index (χ1v) is 9.39. The second kappa shape index (κ2) is 6.76. The van der Waals surface area contributed by atoms with Crippen molar-refractivity contribution >= 4 is 47.9 Å². The Morgan fingerprint density at radius 3 is 2.19 bits per heavy atom. The molecule has 8 heteroatoms. The number of hydrogen-bond acceptors (Lipinski definition) is 3. The number of sulfonamides is 1. The van der Waals surface area contributed by atoms with Gasteiger partial charge in [0.25, 0.3) is 0 Å². The van der Waals surface area contributed by atoms with Gasteiger partial charge in [0.1, 0.15) is 5.54 Å². The maximum Gasteiger partial charge on any atom is 0.324 e. The van der Waals surface area contributed by atoms with E-state index in [1.54, 1.807) is 19.9 Å². The van der Waals surface area contributed by atoms with Gasteiger partial charge in [0.2, 0.25) is 10.0 Å². The number of carbonyl (C=O) groups is 1. The molecule has 0 aromatic heterocycles. The van der Waals surface area contributed by atoms with Gasteiger partial charge in [-0.1, -0.05) is 29.8 Å². The van der Waals surface area contributed by atoms with Gasteiger partial charge in [-0.15, -0.1) is 0 Å². The summed E-state index contributed by atoms with van der Waals surface area (Å²) in [6.45, 7) is 5.11. The molecule has 0 atom stereocenters. The highest BCUT2D eigenvalue weighted by molar-refractivity contribution is 9.11. The van der Waals surface area contributed by atoms with Crippen LogP contribution in [0, 0.1) is 6.92 Å². The van der Waals surface area contributed by atoms with Crippen LogP contribution in [0.1, 0.15) is 32.3 Å². The predicted octanol–water partition coefficient (Wildman–Crippen LogP) is 3.44. The fraction of sp³-hybridized carbons (Fsp3) is 0.462. The molecule has 0 bridgehead atoms. The average molecular weight is 443 g/mol. The summed E-state index contributed by atoms with van der Waals surface area (Å²) >= 11 is 6.50. The van der Waals surface area contributed by atoms with Gasteiger partial charge in [0.05, 0.1) is 4.90 Å². The number of nitrogens with one attached hydrogen (secondary N) is 1. The van der Waals surface area contributed by atoms with Crippen LogP contribution in [0.2, 0.25) is 0 Å². The fourth-order valence-corrected chi connectivity index (χ4v) is 5.07. The summed E-state index contributed by atoms with van der Waals surface area (Å²) in [5.74, 6) is -1.18. The minimum Gasteiger partial charge on any atom is -0.480 e. The molecule has 118 valence electrons. The molecule has 0 saturated heterocycles. The van der Waals surface area contributed by atoms with Gasteiger partial charge >= 0.3 is 5.97 Å². The second-order valence-electron chi connectivity index (χ2n) is 4.73. The minimum atomic E-state index is -3.96. The lowest BCUT2D eigenvalue weighted by Crippen LogP contribution is -2.53. The smallest absolute Gasteiger partial charge is 0.324 e. The maximum atomic E-state index is 12.5. The number of benzene rings is 1. The van der Waals surface area contributed by atoms with Crippen LogP contribution < -0.4 is 4.72 Å². The lowest BCUT2D eigenvalue weighted by Gasteiger charge is -2.28. The molecule has 1 aromatic carbocycles. The summed E-state index contributed by atoms with van der Waals surface area (Å²) in [4.78, 5) is 11.5. The molecular formula is C13H17Br2NO4S. The van der Waals surface area contributed by atoms with Crippen molar-refractivity contribution in [3.63, 3.8) is 0 Å². The third kappa shape index (κ3) is 3.85. The van der Waals surface area contributed by atoms with Crippen molar-refractivity contribution in [2.75, 3.05) is 0 Å². The van der Waals surface area contributed by atoms with Crippen molar-refractivity contribution in [1.82, 2.24) is 4.72 Å². The number of carboxylic acid groups (broad SMARTS) is 1. The van der Waals surface area contributed by atoms with Crippen LogP contribution >= 0.6 is 31.9 Å². The highest BCUT2D eigenvalue weighted by atomic mass is 79.9. The van der Waals surface area contributed by atoms with Gasteiger partial charge in [-0.2, -0.15) is 4.72 Å². The Labute approximate surface area is 141 Å². The van der Waals surface area contributed by atoms with Crippen molar-refractivity contribution in [2.45, 2.75) is 44.0 Å². The molecule has 21 heavy (non-hydrogen) atoms. The van der Waals surface area contributed by atoms with E-state index in [0.29, 0.717) is 8.95 Å². The molecule has 1 aromatic rings. The number of hydrogen-bond donors (Lipinski definition) is 2. The van der Waals surface area contributed by atoms with Crippen molar-refractivity contribution < 1.29 is 18.3 Å². The lowest BCUT2D eigenvalue weighted by molar-refractivity contribution is -0.144. The monoisotopic (exact) mass is 441 g/mol. The standard InChI is InChI=1S/C13H17Br2NO4S/c1-4-13(5-2,12(17)18)16-21(19,20)11-7-9(14)8(3)6-10(11)15/h6-7,16H,4-5H2,1-3H3,(H,17,18). The molecule has 0 fully saturated rings. The highest BCUT2D eigenvalue weighted by Crippen LogP contribution is 2.30. The molecule has 0 amide bonds. The van der Waals surface area contributed by atoms with Crippen molar-refractivity contribution in [3.05, 3.63) is 26.6 Å². The molecule has 0 spiro atoms. The number of aryl methyl sites for hydroxylation is 1. The quantitative estimate of drug-likeness (QED) is 0.706. The molecular weight excluding hydrogens is 426 g/mol. The van der Waals surface area contributed by atoms with Gasteiger partial charge in [-0.25, -0.2) is 8.42 Å². The Morgan fingerprint density at radius 2 is 1.76 bits per heavy atom. The molecule has 1 rings (SSSR count). The van der Waals surface area contributed by atoms with Crippen LogP contribution in [0.25, 0.3) is 0 Å². The highest BCUT2D eigenvalue weighted by Gasteiger charge is 2.39. The molecule has 0 aliphatic heterocycles. The Balaban J connectivity index is 3.36. The van der Waals surface area contributed by atoms with E-state index in [9.17, 15) is 18.3 Å². The Bertz CT molecular complexity index is 654. The second-order valence-corrected chi connectivity index (χ2v) is 8.09. The van der Waals surface area contributed by atoms with Crippen molar-refractivity contribution in [2.24, 2.45) is 0 Å². The third-order valence-electron chi connectivity index (χ3n) is 3.45. The van der Waals surface area contributed by atoms with E-state index in [4.69, 9.17) is 0 Å². The van der Waals surface area contributed by atoms with Crippen molar-refractivity contribution in [1.29, 1.82) is 0 Å². The zero-order chi connectivity index (χ0) is 16.4. The molecule has 5 nitrogen and oxygen atoms in total. The van der Waals surface area contributed by atoms with Crippen molar-refractivity contribution in [3.8, 4) is 0 Å². The fourth-order valence-electron chi connectivity index (χ4n) is 1.89. The summed E-state index contributed by atoms with van der Waals surface area (Å²) < 4.78 is 28.4. The van der Waals surface area contributed by atoms with E-state index in [1.807, 2.05) is 6.92 Å². The molecule has 2 N–H and O–H groups in total. The lowest BCUT2D eigenvalue weighted by atomic mass is 9.95. The summed E-state index contributed by atoms with van der Waals surface area (Å²) in [6, 6.07) is 3.12. The first-order valence-electron chi connectivity index (χ1n) is 6.32. The molecule has 0 aliphatic rings. The zero-order valence-corrected chi connectivity index (χ0v) is 15.9. The van der Waals surface area contributed by atoms with Crippen LogP contribution in [0.5, 0.6) is 0 Å². The van der Waals surface area contributed by atoms with E-state index in [0.717, 1.165) is 5.56 Å². The van der Waals surface area contributed by atoms with Crippen LogP contribution in [-0.2, 0) is 14.8 Å². The SMILES string of the molecule is CCC(CC)(NS(=O)(=O)c1cc(Br)c(C)cc1Br)C(=O)O. The number of carboxylic acids is 1. The van der Waals surface area contributed by atoms with E-state index in [2.05, 4.69) is 36.6 Å². The Hall–Kier alpha value is -0.440. The molecule has 0 radical (unpaired) electrons. The molecule has 0 aliphatic carbocycles. The summed E-state index contributed by atoms with van der Waals surface area (Å²) in [7, 11) is -3.96. The Morgan fingerprint density at radius 1 is 1.24 bits per heavy atom. The summed E-state index contributed by atoms with van der Waals surface area (Å²) in [5.41, 5.74) is -0.633. The van der Waals surface area contributed by atoms with E-state index < -0.39 is 21.5 Å². The van der Waals surface area contributed by atoms with Crippen LogP contribution in [0.4, 0.5) is 0 Å². The molecule has 0 heterocycles. The normalized spacial score (nSPS) is 12.4. The number of aliphatic carboxylic acids is 1. The predicted molar refractivity (Wildman–Crippen MR) is 87.8 cm³/mol. The van der Waals surface area contributed by atoms with Crippen LogP contribution in [0.3, 0.4) is 0 Å². The van der Waals surface area contributed by atoms with E-state index >= 15 is 0 Å². The number of halogens is 2. The zero-order valence-electron chi connectivity index (χ0n) is 11.9. The van der Waals surface area contributed by atoms with Gasteiger partial charge in [-0.3, -0.25) is 4.79 Å². The Kier molecular flexibility index (Phi) is 5.99. The first kappa shape index (κ1) is 18.6. The van der Waals surface area contributed by atoms with E-state index in [-0.39, 0.29) is 17.7 Å². The average Bonchev–Trinajstić information content (AvgIpc) is 2.39.